The minimum atomic E-state index is 0.407. The Kier molecular flexibility index (Phi) is 4.06. The molecule has 21 heavy (non-hydrogen) atoms. The van der Waals surface area contributed by atoms with Crippen LogP contribution in [0.1, 0.15) is 30.1 Å². The monoisotopic (exact) mass is 288 g/mol. The van der Waals surface area contributed by atoms with Crippen LogP contribution in [0, 0.1) is 0 Å². The average molecular weight is 288 g/mol. The molecule has 1 aliphatic rings. The molecule has 0 amide bonds. The van der Waals surface area contributed by atoms with E-state index in [2.05, 4.69) is 14.8 Å². The first-order valence-corrected chi connectivity index (χ1v) is 7.22. The summed E-state index contributed by atoms with van der Waals surface area (Å²) >= 11 is 0. The van der Waals surface area contributed by atoms with E-state index in [0.29, 0.717) is 13.2 Å². The highest BCUT2D eigenvalue weighted by atomic mass is 16.5. The van der Waals surface area contributed by atoms with Crippen LogP contribution in [-0.2, 0) is 26.1 Å². The van der Waals surface area contributed by atoms with Crippen LogP contribution >= 0.6 is 0 Å². The zero-order chi connectivity index (χ0) is 14.7. The van der Waals surface area contributed by atoms with Crippen molar-refractivity contribution >= 4 is 0 Å². The summed E-state index contributed by atoms with van der Waals surface area (Å²) in [4.78, 5) is 0. The maximum Gasteiger partial charge on any atom is 0.171 e. The lowest BCUT2D eigenvalue weighted by Gasteiger charge is -2.15. The fraction of sp³-hybridized carbons (Fsp3) is 0.467. The van der Waals surface area contributed by atoms with Gasteiger partial charge in [0.1, 0.15) is 23.9 Å². The third-order valence-corrected chi connectivity index (χ3v) is 3.72. The fourth-order valence-corrected chi connectivity index (χ4v) is 2.57. The Labute approximate surface area is 123 Å². The molecule has 2 heterocycles. The lowest BCUT2D eigenvalue weighted by Crippen LogP contribution is -2.14. The van der Waals surface area contributed by atoms with Crippen molar-refractivity contribution in [1.82, 2.24) is 14.8 Å². The number of fused-ring (bicyclic) bond motifs is 1. The number of ether oxygens (including phenoxy) is 2. The maximum absolute atomic E-state index is 5.84. The molecule has 6 heteroatoms. The van der Waals surface area contributed by atoms with E-state index in [9.17, 15) is 0 Å². The molecule has 0 fully saturated rings. The van der Waals surface area contributed by atoms with Crippen molar-refractivity contribution < 1.29 is 9.47 Å². The van der Waals surface area contributed by atoms with Crippen LogP contribution in [0.2, 0.25) is 0 Å². The summed E-state index contributed by atoms with van der Waals surface area (Å²) in [6, 6.07) is 5.69. The largest absolute Gasteiger partial charge is 0.497 e. The molecule has 0 unspecified atom stereocenters. The zero-order valence-electron chi connectivity index (χ0n) is 12.2. The van der Waals surface area contributed by atoms with E-state index in [1.807, 2.05) is 18.2 Å². The molecule has 1 aromatic carbocycles. The Hall–Kier alpha value is -2.08. The molecule has 0 spiro atoms. The summed E-state index contributed by atoms with van der Waals surface area (Å²) in [5.74, 6) is 3.43. The van der Waals surface area contributed by atoms with Gasteiger partial charge in [-0.3, -0.25) is 0 Å². The molecule has 0 aliphatic carbocycles. The highest BCUT2D eigenvalue weighted by Crippen LogP contribution is 2.23. The molecule has 0 bridgehead atoms. The first-order chi connectivity index (χ1) is 10.3. The summed E-state index contributed by atoms with van der Waals surface area (Å²) in [7, 11) is 1.63. The van der Waals surface area contributed by atoms with E-state index in [4.69, 9.17) is 15.2 Å². The first kappa shape index (κ1) is 13.9. The Morgan fingerprint density at radius 3 is 2.86 bits per heavy atom. The molecular formula is C15H20N4O2. The summed E-state index contributed by atoms with van der Waals surface area (Å²) in [6.45, 7) is 1.84. The van der Waals surface area contributed by atoms with E-state index in [1.54, 1.807) is 7.11 Å². The van der Waals surface area contributed by atoms with Crippen LogP contribution in [-0.4, -0.2) is 21.9 Å². The van der Waals surface area contributed by atoms with Crippen LogP contribution in [0.3, 0.4) is 0 Å². The SMILES string of the molecule is COc1cc(CN)cc(OCc2nnc3n2CCCC3)c1. The number of hydrogen-bond donors (Lipinski definition) is 1. The number of nitrogens with two attached hydrogens (primary N) is 1. The van der Waals surface area contributed by atoms with Crippen LogP contribution in [0.25, 0.3) is 0 Å². The number of rotatable bonds is 5. The minimum Gasteiger partial charge on any atom is -0.497 e. The molecule has 2 N–H and O–H groups in total. The van der Waals surface area contributed by atoms with Crippen LogP contribution in [0.5, 0.6) is 11.5 Å². The second kappa shape index (κ2) is 6.13. The number of methoxy groups -OCH3 is 1. The van der Waals surface area contributed by atoms with Crippen molar-refractivity contribution in [2.75, 3.05) is 7.11 Å². The minimum absolute atomic E-state index is 0.407. The number of hydrogen-bond acceptors (Lipinski definition) is 5. The highest BCUT2D eigenvalue weighted by molar-refractivity contribution is 5.38. The summed E-state index contributed by atoms with van der Waals surface area (Å²) in [5, 5.41) is 8.45. The highest BCUT2D eigenvalue weighted by Gasteiger charge is 2.16. The summed E-state index contributed by atoms with van der Waals surface area (Å²) in [6.07, 6.45) is 3.37. The molecule has 0 saturated heterocycles. The standard InChI is InChI=1S/C15H20N4O2/c1-20-12-6-11(9-16)7-13(8-12)21-10-15-18-17-14-4-2-3-5-19(14)15/h6-8H,2-5,9-10,16H2,1H3. The average Bonchev–Trinajstić information content (AvgIpc) is 2.95. The first-order valence-electron chi connectivity index (χ1n) is 7.22. The van der Waals surface area contributed by atoms with Crippen molar-refractivity contribution in [3.05, 3.63) is 35.4 Å². The molecule has 112 valence electrons. The van der Waals surface area contributed by atoms with Gasteiger partial charge in [0.05, 0.1) is 7.11 Å². The van der Waals surface area contributed by atoms with E-state index >= 15 is 0 Å². The third kappa shape index (κ3) is 3.00. The normalized spacial score (nSPS) is 13.8. The van der Waals surface area contributed by atoms with Crippen LogP contribution in [0.4, 0.5) is 0 Å². The maximum atomic E-state index is 5.84. The molecule has 6 nitrogen and oxygen atoms in total. The molecule has 0 saturated carbocycles. The Balaban J connectivity index is 1.74. The van der Waals surface area contributed by atoms with Gasteiger partial charge in [-0.05, 0) is 30.5 Å². The van der Waals surface area contributed by atoms with Gasteiger partial charge in [-0.15, -0.1) is 10.2 Å². The zero-order valence-corrected chi connectivity index (χ0v) is 12.2. The predicted octanol–water partition coefficient (Wildman–Crippen LogP) is 1.66. The number of benzene rings is 1. The summed E-state index contributed by atoms with van der Waals surface area (Å²) < 4.78 is 13.3. The number of aryl methyl sites for hydroxylation is 1. The van der Waals surface area contributed by atoms with Crippen LogP contribution < -0.4 is 15.2 Å². The van der Waals surface area contributed by atoms with Crippen molar-refractivity contribution in [3.8, 4) is 11.5 Å². The van der Waals surface area contributed by atoms with Crippen molar-refractivity contribution in [1.29, 1.82) is 0 Å². The lowest BCUT2D eigenvalue weighted by molar-refractivity contribution is 0.284. The van der Waals surface area contributed by atoms with Crippen molar-refractivity contribution in [3.63, 3.8) is 0 Å². The smallest absolute Gasteiger partial charge is 0.171 e. The summed E-state index contributed by atoms with van der Waals surface area (Å²) in [5.41, 5.74) is 6.67. The van der Waals surface area contributed by atoms with Crippen LogP contribution in [0.15, 0.2) is 18.2 Å². The van der Waals surface area contributed by atoms with Crippen molar-refractivity contribution in [2.24, 2.45) is 5.73 Å². The van der Waals surface area contributed by atoms with Gasteiger partial charge in [-0.25, -0.2) is 0 Å². The Morgan fingerprint density at radius 1 is 1.19 bits per heavy atom. The van der Waals surface area contributed by atoms with Gasteiger partial charge in [-0.1, -0.05) is 0 Å². The third-order valence-electron chi connectivity index (χ3n) is 3.72. The topological polar surface area (TPSA) is 75.2 Å². The number of aromatic nitrogens is 3. The lowest BCUT2D eigenvalue weighted by atomic mass is 10.2. The van der Waals surface area contributed by atoms with E-state index in [1.165, 1.54) is 12.8 Å². The molecule has 0 radical (unpaired) electrons. The van der Waals surface area contributed by atoms with Gasteiger partial charge in [0, 0.05) is 25.6 Å². The van der Waals surface area contributed by atoms with Gasteiger partial charge < -0.3 is 19.8 Å². The van der Waals surface area contributed by atoms with E-state index in [-0.39, 0.29) is 0 Å². The second-order valence-electron chi connectivity index (χ2n) is 5.15. The van der Waals surface area contributed by atoms with Gasteiger partial charge in [0.2, 0.25) is 0 Å². The molecule has 3 rings (SSSR count). The quantitative estimate of drug-likeness (QED) is 0.905. The second-order valence-corrected chi connectivity index (χ2v) is 5.15. The molecular weight excluding hydrogens is 268 g/mol. The van der Waals surface area contributed by atoms with E-state index in [0.717, 1.165) is 41.7 Å². The van der Waals surface area contributed by atoms with Gasteiger partial charge in [-0.2, -0.15) is 0 Å². The molecule has 1 aliphatic heterocycles. The van der Waals surface area contributed by atoms with Gasteiger partial charge in [0.25, 0.3) is 0 Å². The molecule has 1 aromatic heterocycles. The Bertz CT molecular complexity index is 602. The van der Waals surface area contributed by atoms with Gasteiger partial charge in [0.15, 0.2) is 5.82 Å². The van der Waals surface area contributed by atoms with Gasteiger partial charge >= 0.3 is 0 Å². The van der Waals surface area contributed by atoms with Crippen molar-refractivity contribution in [2.45, 2.75) is 39.0 Å². The van der Waals surface area contributed by atoms with E-state index < -0.39 is 0 Å². The number of nitrogens with zero attached hydrogens (tertiary/aromatic N) is 3. The fourth-order valence-electron chi connectivity index (χ4n) is 2.57. The molecule has 2 aromatic rings. The molecule has 0 atom stereocenters. The Morgan fingerprint density at radius 2 is 2.05 bits per heavy atom. The predicted molar refractivity (Wildman–Crippen MR) is 78.2 cm³/mol.